The predicted octanol–water partition coefficient (Wildman–Crippen LogP) is 0.342. The molecule has 0 radical (unpaired) electrons. The summed E-state index contributed by atoms with van der Waals surface area (Å²) in [5, 5.41) is 0.618. The normalized spacial score (nSPS) is 16.5. The number of aromatic nitrogens is 1. The number of thiocarbonyl (C=S) groups is 1. The van der Waals surface area contributed by atoms with Crippen molar-refractivity contribution in [2.75, 3.05) is 31.1 Å². The van der Waals surface area contributed by atoms with Crippen molar-refractivity contribution < 1.29 is 0 Å². The van der Waals surface area contributed by atoms with Crippen LogP contribution in [0.2, 0.25) is 0 Å². The first-order valence-electron chi connectivity index (χ1n) is 5.73. The summed E-state index contributed by atoms with van der Waals surface area (Å²) in [6, 6.07) is 5.98. The molecule has 0 spiro atoms. The highest BCUT2D eigenvalue weighted by molar-refractivity contribution is 7.80. The highest BCUT2D eigenvalue weighted by atomic mass is 32.1. The number of hydrogen-bond acceptors (Lipinski definition) is 4. The van der Waals surface area contributed by atoms with Gasteiger partial charge in [0.1, 0.15) is 5.82 Å². The average Bonchev–Trinajstić information content (AvgIpc) is 2.64. The number of hydrogen-bond donors (Lipinski definition) is 2. The first-order chi connectivity index (χ1) is 8.31. The maximum atomic E-state index is 5.34. The maximum absolute atomic E-state index is 5.34. The third kappa shape index (κ3) is 3.04. The molecule has 2 rings (SSSR count). The Balaban J connectivity index is 1.99. The summed E-state index contributed by atoms with van der Waals surface area (Å²) in [4.78, 5) is 8.74. The highest BCUT2D eigenvalue weighted by Crippen LogP contribution is 2.12. The molecule has 1 aliphatic heterocycles. The molecule has 0 atom stereocenters. The Morgan fingerprint density at radius 1 is 1.29 bits per heavy atom. The van der Waals surface area contributed by atoms with E-state index in [0.29, 0.717) is 5.11 Å². The monoisotopic (exact) mass is 251 g/mol. The fraction of sp³-hybridized carbons (Fsp3) is 0.455. The highest BCUT2D eigenvalue weighted by Gasteiger charge is 2.16. The Hall–Kier alpha value is -1.40. The number of rotatable bonds is 1. The van der Waals surface area contributed by atoms with Crippen molar-refractivity contribution in [1.29, 1.82) is 0 Å². The topological polar surface area (TPSA) is 57.4 Å². The van der Waals surface area contributed by atoms with Crippen molar-refractivity contribution in [2.24, 2.45) is 5.84 Å². The van der Waals surface area contributed by atoms with Crippen molar-refractivity contribution in [1.82, 2.24) is 15.3 Å². The molecule has 0 aromatic carbocycles. The zero-order valence-corrected chi connectivity index (χ0v) is 10.5. The third-order valence-electron chi connectivity index (χ3n) is 2.88. The molecule has 17 heavy (non-hydrogen) atoms. The number of nitrogens with zero attached hydrogens (tertiary/aromatic N) is 3. The molecule has 0 amide bonds. The van der Waals surface area contributed by atoms with Gasteiger partial charge in [-0.1, -0.05) is 6.07 Å². The number of anilines is 1. The average molecular weight is 251 g/mol. The Morgan fingerprint density at radius 3 is 2.88 bits per heavy atom. The summed E-state index contributed by atoms with van der Waals surface area (Å²) in [6.07, 6.45) is 2.88. The molecule has 1 aromatic rings. The van der Waals surface area contributed by atoms with E-state index in [9.17, 15) is 0 Å². The summed E-state index contributed by atoms with van der Waals surface area (Å²) in [7, 11) is 0. The van der Waals surface area contributed by atoms with Gasteiger partial charge in [-0.3, -0.25) is 0 Å². The van der Waals surface area contributed by atoms with Crippen LogP contribution in [0.5, 0.6) is 0 Å². The van der Waals surface area contributed by atoms with E-state index in [1.807, 2.05) is 24.4 Å². The van der Waals surface area contributed by atoms with Gasteiger partial charge in [0.25, 0.3) is 0 Å². The van der Waals surface area contributed by atoms with Crippen LogP contribution in [-0.2, 0) is 0 Å². The van der Waals surface area contributed by atoms with Crippen molar-refractivity contribution >= 4 is 23.1 Å². The molecule has 0 unspecified atom stereocenters. The minimum Gasteiger partial charge on any atom is -0.355 e. The second-order valence-corrected chi connectivity index (χ2v) is 4.35. The lowest BCUT2D eigenvalue weighted by molar-refractivity contribution is 0.441. The largest absolute Gasteiger partial charge is 0.355 e. The molecule has 0 saturated carbocycles. The second-order valence-electron chi connectivity index (χ2n) is 3.97. The second kappa shape index (κ2) is 5.79. The molecular formula is C11H17N5S. The predicted molar refractivity (Wildman–Crippen MR) is 72.6 cm³/mol. The SMILES string of the molecule is NNC(=S)N1CCCN(c2ccccn2)CC1. The van der Waals surface area contributed by atoms with Gasteiger partial charge in [0.2, 0.25) is 0 Å². The van der Waals surface area contributed by atoms with Gasteiger partial charge in [-0.25, -0.2) is 10.8 Å². The van der Waals surface area contributed by atoms with Gasteiger partial charge in [0.15, 0.2) is 5.11 Å². The number of pyridine rings is 1. The lowest BCUT2D eigenvalue weighted by Gasteiger charge is -2.23. The quantitative estimate of drug-likeness (QED) is 0.426. The number of nitrogens with one attached hydrogen (secondary N) is 1. The molecule has 1 aliphatic rings. The van der Waals surface area contributed by atoms with Crippen LogP contribution in [0.3, 0.4) is 0 Å². The Bertz CT molecular complexity index is 369. The Labute approximate surface area is 107 Å². The van der Waals surface area contributed by atoms with E-state index in [2.05, 4.69) is 20.2 Å². The molecule has 1 fully saturated rings. The summed E-state index contributed by atoms with van der Waals surface area (Å²) in [5.41, 5.74) is 2.54. The Kier molecular flexibility index (Phi) is 4.11. The molecule has 2 heterocycles. The first kappa shape index (κ1) is 12.1. The number of hydrazine groups is 1. The molecule has 5 nitrogen and oxygen atoms in total. The Morgan fingerprint density at radius 2 is 2.18 bits per heavy atom. The van der Waals surface area contributed by atoms with E-state index in [1.54, 1.807) is 0 Å². The van der Waals surface area contributed by atoms with Crippen molar-refractivity contribution in [3.8, 4) is 0 Å². The van der Waals surface area contributed by atoms with Crippen LogP contribution in [0.4, 0.5) is 5.82 Å². The summed E-state index contributed by atoms with van der Waals surface area (Å²) in [5.74, 6) is 6.37. The van der Waals surface area contributed by atoms with E-state index in [-0.39, 0.29) is 0 Å². The molecule has 1 aromatic heterocycles. The van der Waals surface area contributed by atoms with Crippen molar-refractivity contribution in [2.45, 2.75) is 6.42 Å². The molecule has 0 aliphatic carbocycles. The van der Waals surface area contributed by atoms with Gasteiger partial charge >= 0.3 is 0 Å². The van der Waals surface area contributed by atoms with E-state index in [0.717, 1.165) is 38.4 Å². The molecule has 3 N–H and O–H groups in total. The van der Waals surface area contributed by atoms with Crippen LogP contribution in [0.25, 0.3) is 0 Å². The maximum Gasteiger partial charge on any atom is 0.183 e. The van der Waals surface area contributed by atoms with Gasteiger partial charge in [0.05, 0.1) is 0 Å². The zero-order chi connectivity index (χ0) is 12.1. The van der Waals surface area contributed by atoms with Crippen LogP contribution < -0.4 is 16.2 Å². The lowest BCUT2D eigenvalue weighted by atomic mass is 10.3. The van der Waals surface area contributed by atoms with Crippen LogP contribution >= 0.6 is 12.2 Å². The molecule has 6 heteroatoms. The van der Waals surface area contributed by atoms with Crippen molar-refractivity contribution in [3.63, 3.8) is 0 Å². The summed E-state index contributed by atoms with van der Waals surface area (Å²) >= 11 is 5.15. The third-order valence-corrected chi connectivity index (χ3v) is 3.26. The van der Waals surface area contributed by atoms with Crippen LogP contribution in [-0.4, -0.2) is 41.2 Å². The van der Waals surface area contributed by atoms with E-state index in [1.165, 1.54) is 0 Å². The van der Waals surface area contributed by atoms with Gasteiger partial charge in [-0.05, 0) is 30.8 Å². The smallest absolute Gasteiger partial charge is 0.183 e. The van der Waals surface area contributed by atoms with Gasteiger partial charge in [0, 0.05) is 32.4 Å². The minimum atomic E-state index is 0.618. The minimum absolute atomic E-state index is 0.618. The zero-order valence-electron chi connectivity index (χ0n) is 9.67. The van der Waals surface area contributed by atoms with Gasteiger partial charge in [-0.15, -0.1) is 0 Å². The van der Waals surface area contributed by atoms with Gasteiger partial charge in [-0.2, -0.15) is 0 Å². The van der Waals surface area contributed by atoms with Crippen molar-refractivity contribution in [3.05, 3.63) is 24.4 Å². The van der Waals surface area contributed by atoms with E-state index in [4.69, 9.17) is 18.1 Å². The van der Waals surface area contributed by atoms with Crippen LogP contribution in [0, 0.1) is 0 Å². The van der Waals surface area contributed by atoms with Gasteiger partial charge < -0.3 is 15.2 Å². The summed E-state index contributed by atoms with van der Waals surface area (Å²) in [6.45, 7) is 3.73. The van der Waals surface area contributed by atoms with Crippen LogP contribution in [0.15, 0.2) is 24.4 Å². The fourth-order valence-electron chi connectivity index (χ4n) is 1.98. The molecule has 1 saturated heterocycles. The number of nitrogens with two attached hydrogens (primary N) is 1. The summed E-state index contributed by atoms with van der Waals surface area (Å²) < 4.78 is 0. The standard InChI is InChI=1S/C11H17N5S/c12-14-11(17)16-7-3-6-15(8-9-16)10-4-1-2-5-13-10/h1-2,4-5H,3,6-9,12H2,(H,14,17). The van der Waals surface area contributed by atoms with E-state index >= 15 is 0 Å². The fourth-order valence-corrected chi connectivity index (χ4v) is 2.16. The molecular weight excluding hydrogens is 234 g/mol. The van der Waals surface area contributed by atoms with Crippen LogP contribution in [0.1, 0.15) is 6.42 Å². The molecule has 92 valence electrons. The van der Waals surface area contributed by atoms with E-state index < -0.39 is 0 Å². The molecule has 0 bridgehead atoms. The lowest BCUT2D eigenvalue weighted by Crippen LogP contribution is -2.44. The first-order valence-corrected chi connectivity index (χ1v) is 6.13.